The van der Waals surface area contributed by atoms with Crippen LogP contribution in [0.3, 0.4) is 0 Å². The molecule has 0 fully saturated rings. The van der Waals surface area contributed by atoms with Gasteiger partial charge in [-0.05, 0) is 32.9 Å². The monoisotopic (exact) mass is 225 g/mol. The molecule has 0 aliphatic carbocycles. The zero-order valence-electron chi connectivity index (χ0n) is 10.1. The molecule has 0 aliphatic rings. The van der Waals surface area contributed by atoms with Crippen LogP contribution < -0.4 is 9.96 Å². The fourth-order valence-electron chi connectivity index (χ4n) is 1.30. The van der Waals surface area contributed by atoms with Crippen molar-refractivity contribution in [2.75, 3.05) is 25.0 Å². The van der Waals surface area contributed by atoms with E-state index < -0.39 is 0 Å². The molecule has 1 rings (SSSR count). The van der Waals surface area contributed by atoms with E-state index in [-0.39, 0.29) is 0 Å². The van der Waals surface area contributed by atoms with Gasteiger partial charge in [0.2, 0.25) is 0 Å². The highest BCUT2D eigenvalue weighted by Gasteiger charge is 2.12. The first-order chi connectivity index (χ1) is 7.83. The second-order valence-corrected chi connectivity index (χ2v) is 2.99. The second-order valence-electron chi connectivity index (χ2n) is 2.99. The molecule has 1 aromatic carbocycles. The van der Waals surface area contributed by atoms with Gasteiger partial charge in [0, 0.05) is 0 Å². The summed E-state index contributed by atoms with van der Waals surface area (Å²) in [7, 11) is 0. The number of rotatable bonds is 7. The van der Waals surface area contributed by atoms with Crippen LogP contribution in [0.4, 0.5) is 5.69 Å². The van der Waals surface area contributed by atoms with E-state index in [2.05, 4.69) is 0 Å². The van der Waals surface area contributed by atoms with Crippen LogP contribution in [0.1, 0.15) is 20.8 Å². The standard InChI is InChI=1S/C12H19NO3/c1-4-14-12-10-8-7-9-11(12)13(15-5-2)16-6-3/h7-10H,4-6H2,1-3H3. The Kier molecular flexibility index (Phi) is 5.67. The van der Waals surface area contributed by atoms with E-state index in [1.165, 1.54) is 5.23 Å². The summed E-state index contributed by atoms with van der Waals surface area (Å²) in [5, 5.41) is 1.41. The minimum absolute atomic E-state index is 0.542. The van der Waals surface area contributed by atoms with Gasteiger partial charge in [0.25, 0.3) is 0 Å². The van der Waals surface area contributed by atoms with Crippen LogP contribution >= 0.6 is 0 Å². The molecule has 0 N–H and O–H groups in total. The summed E-state index contributed by atoms with van der Waals surface area (Å²) in [4.78, 5) is 10.8. The van der Waals surface area contributed by atoms with E-state index >= 15 is 0 Å². The molecule has 0 spiro atoms. The van der Waals surface area contributed by atoms with Crippen molar-refractivity contribution in [2.24, 2.45) is 0 Å². The average Bonchev–Trinajstić information content (AvgIpc) is 2.30. The molecule has 0 aromatic heterocycles. The Balaban J connectivity index is 2.87. The minimum Gasteiger partial charge on any atom is -0.492 e. The van der Waals surface area contributed by atoms with Gasteiger partial charge in [-0.1, -0.05) is 12.1 Å². The first kappa shape index (κ1) is 12.8. The molecule has 0 heterocycles. The summed E-state index contributed by atoms with van der Waals surface area (Å²) in [6.45, 7) is 7.47. The van der Waals surface area contributed by atoms with Crippen LogP contribution in [-0.4, -0.2) is 19.8 Å². The molecule has 0 atom stereocenters. The van der Waals surface area contributed by atoms with Gasteiger partial charge in [-0.3, -0.25) is 0 Å². The molecule has 4 heteroatoms. The maximum atomic E-state index is 5.51. The predicted octanol–water partition coefficient (Wildman–Crippen LogP) is 2.79. The molecular weight excluding hydrogens is 206 g/mol. The molecule has 90 valence electrons. The van der Waals surface area contributed by atoms with Gasteiger partial charge in [-0.2, -0.15) is 0 Å². The fourth-order valence-corrected chi connectivity index (χ4v) is 1.30. The molecule has 0 radical (unpaired) electrons. The molecule has 0 aliphatic heterocycles. The number of ether oxygens (including phenoxy) is 1. The number of nitrogens with zero attached hydrogens (tertiary/aromatic N) is 1. The van der Waals surface area contributed by atoms with E-state index in [0.29, 0.717) is 19.8 Å². The third-order valence-electron chi connectivity index (χ3n) is 1.85. The topological polar surface area (TPSA) is 30.9 Å². The maximum Gasteiger partial charge on any atom is 0.147 e. The second kappa shape index (κ2) is 7.09. The number of para-hydroxylation sites is 2. The summed E-state index contributed by atoms with van der Waals surface area (Å²) < 4.78 is 5.51. The fraction of sp³-hybridized carbons (Fsp3) is 0.500. The highest BCUT2D eigenvalue weighted by atomic mass is 16.9. The normalized spacial score (nSPS) is 10.2. The first-order valence-corrected chi connectivity index (χ1v) is 5.61. The lowest BCUT2D eigenvalue weighted by atomic mass is 10.3. The van der Waals surface area contributed by atoms with Crippen molar-refractivity contribution < 1.29 is 14.4 Å². The highest BCUT2D eigenvalue weighted by Crippen LogP contribution is 2.28. The molecule has 0 saturated heterocycles. The lowest BCUT2D eigenvalue weighted by Gasteiger charge is -2.23. The van der Waals surface area contributed by atoms with Crippen LogP contribution in [0, 0.1) is 0 Å². The van der Waals surface area contributed by atoms with Crippen LogP contribution in [0.15, 0.2) is 24.3 Å². The summed E-state index contributed by atoms with van der Waals surface area (Å²) in [6.07, 6.45) is 0. The lowest BCUT2D eigenvalue weighted by molar-refractivity contribution is -0.0824. The van der Waals surface area contributed by atoms with Crippen molar-refractivity contribution in [3.8, 4) is 5.75 Å². The first-order valence-electron chi connectivity index (χ1n) is 5.61. The van der Waals surface area contributed by atoms with Crippen LogP contribution in [-0.2, 0) is 9.68 Å². The van der Waals surface area contributed by atoms with Crippen molar-refractivity contribution in [1.29, 1.82) is 0 Å². The largest absolute Gasteiger partial charge is 0.492 e. The zero-order chi connectivity index (χ0) is 11.8. The zero-order valence-corrected chi connectivity index (χ0v) is 10.1. The minimum atomic E-state index is 0.542. The van der Waals surface area contributed by atoms with Gasteiger partial charge in [0.1, 0.15) is 11.4 Å². The van der Waals surface area contributed by atoms with Crippen molar-refractivity contribution in [3.63, 3.8) is 0 Å². The van der Waals surface area contributed by atoms with Crippen LogP contribution in [0.2, 0.25) is 0 Å². The smallest absolute Gasteiger partial charge is 0.147 e. The summed E-state index contributed by atoms with van der Waals surface area (Å²) in [6, 6.07) is 7.63. The Morgan fingerprint density at radius 2 is 1.56 bits per heavy atom. The predicted molar refractivity (Wildman–Crippen MR) is 63.3 cm³/mol. The Hall–Kier alpha value is -1.26. The number of anilines is 1. The molecule has 1 aromatic rings. The van der Waals surface area contributed by atoms with Crippen molar-refractivity contribution in [3.05, 3.63) is 24.3 Å². The number of benzene rings is 1. The Bertz CT molecular complexity index is 298. The Morgan fingerprint density at radius 3 is 2.12 bits per heavy atom. The summed E-state index contributed by atoms with van der Waals surface area (Å²) >= 11 is 0. The van der Waals surface area contributed by atoms with Crippen LogP contribution in [0.5, 0.6) is 5.75 Å². The Morgan fingerprint density at radius 1 is 0.938 bits per heavy atom. The highest BCUT2D eigenvalue weighted by molar-refractivity contribution is 5.55. The molecule has 4 nitrogen and oxygen atoms in total. The van der Waals surface area contributed by atoms with Crippen molar-refractivity contribution >= 4 is 5.69 Å². The molecule has 0 unspecified atom stereocenters. The Labute approximate surface area is 96.6 Å². The van der Waals surface area contributed by atoms with E-state index in [4.69, 9.17) is 14.4 Å². The van der Waals surface area contributed by atoms with Gasteiger partial charge in [-0.25, -0.2) is 9.68 Å². The molecule has 0 saturated carbocycles. The van der Waals surface area contributed by atoms with Gasteiger partial charge in [0.15, 0.2) is 0 Å². The quantitative estimate of drug-likeness (QED) is 0.668. The third kappa shape index (κ3) is 3.40. The number of hydrogen-bond acceptors (Lipinski definition) is 4. The molecule has 16 heavy (non-hydrogen) atoms. The van der Waals surface area contributed by atoms with Crippen molar-refractivity contribution in [2.45, 2.75) is 20.8 Å². The number of hydrogen-bond donors (Lipinski definition) is 0. The molecular formula is C12H19NO3. The average molecular weight is 225 g/mol. The molecule has 0 bridgehead atoms. The van der Waals surface area contributed by atoms with Gasteiger partial charge in [0.05, 0.1) is 19.8 Å². The SMILES string of the molecule is CCOc1ccccc1N(OCC)OCC. The third-order valence-corrected chi connectivity index (χ3v) is 1.85. The van der Waals surface area contributed by atoms with E-state index in [1.54, 1.807) is 0 Å². The van der Waals surface area contributed by atoms with Gasteiger partial charge < -0.3 is 4.74 Å². The maximum absolute atomic E-state index is 5.51. The van der Waals surface area contributed by atoms with E-state index in [9.17, 15) is 0 Å². The van der Waals surface area contributed by atoms with E-state index in [1.807, 2.05) is 45.0 Å². The molecule has 0 amide bonds. The van der Waals surface area contributed by atoms with Gasteiger partial charge >= 0.3 is 0 Å². The summed E-state index contributed by atoms with van der Waals surface area (Å²) in [5.74, 6) is 0.756. The lowest BCUT2D eigenvalue weighted by Crippen LogP contribution is -2.24. The van der Waals surface area contributed by atoms with Crippen molar-refractivity contribution in [1.82, 2.24) is 0 Å². The van der Waals surface area contributed by atoms with E-state index in [0.717, 1.165) is 11.4 Å². The summed E-state index contributed by atoms with van der Waals surface area (Å²) in [5.41, 5.74) is 0.785. The van der Waals surface area contributed by atoms with Gasteiger partial charge in [-0.15, -0.1) is 5.23 Å². The van der Waals surface area contributed by atoms with Crippen LogP contribution in [0.25, 0.3) is 0 Å².